The van der Waals surface area contributed by atoms with E-state index in [-0.39, 0.29) is 16.8 Å². The Labute approximate surface area is 161 Å². The van der Waals surface area contributed by atoms with Gasteiger partial charge in [0.05, 0.1) is 10.2 Å². The van der Waals surface area contributed by atoms with Crippen LogP contribution in [-0.2, 0) is 11.2 Å². The van der Waals surface area contributed by atoms with Gasteiger partial charge in [0.15, 0.2) is 0 Å². The zero-order valence-electron chi connectivity index (χ0n) is 15.0. The van der Waals surface area contributed by atoms with Crippen LogP contribution in [-0.4, -0.2) is 27.6 Å². The molecule has 0 saturated carbocycles. The largest absolute Gasteiger partial charge is 0.361 e. The van der Waals surface area contributed by atoms with Crippen LogP contribution < -0.4 is 5.32 Å². The first-order valence-corrected chi connectivity index (χ1v) is 9.66. The highest BCUT2D eigenvalue weighted by Gasteiger charge is 2.14. The predicted octanol–water partition coefficient (Wildman–Crippen LogP) is 4.31. The average Bonchev–Trinajstić information content (AvgIpc) is 3.08. The summed E-state index contributed by atoms with van der Waals surface area (Å²) in [5, 5.41) is 14.6. The molecular formula is C20H21N3O3S. The topological polar surface area (TPSA) is 88.0 Å². The average molecular weight is 383 g/mol. The number of amides is 1. The van der Waals surface area contributed by atoms with E-state index in [0.29, 0.717) is 6.54 Å². The molecule has 1 unspecified atom stereocenters. The van der Waals surface area contributed by atoms with E-state index in [2.05, 4.69) is 22.4 Å². The lowest BCUT2D eigenvalue weighted by Crippen LogP contribution is -2.31. The molecule has 7 heteroatoms. The molecule has 1 heterocycles. The fraction of sp³-hybridized carbons (Fsp3) is 0.250. The van der Waals surface area contributed by atoms with Crippen LogP contribution in [0.25, 0.3) is 10.9 Å². The Balaban J connectivity index is 1.44. The molecule has 3 rings (SSSR count). The van der Waals surface area contributed by atoms with Gasteiger partial charge in [-0.05, 0) is 43.5 Å². The second kappa shape index (κ2) is 8.73. The van der Waals surface area contributed by atoms with Crippen LogP contribution in [0.4, 0.5) is 5.69 Å². The van der Waals surface area contributed by atoms with Crippen molar-refractivity contribution in [1.82, 2.24) is 10.3 Å². The van der Waals surface area contributed by atoms with E-state index in [0.717, 1.165) is 23.3 Å². The maximum atomic E-state index is 12.2. The maximum Gasteiger partial charge on any atom is 0.269 e. The van der Waals surface area contributed by atoms with Crippen molar-refractivity contribution in [3.8, 4) is 0 Å². The van der Waals surface area contributed by atoms with Gasteiger partial charge in [-0.1, -0.05) is 18.2 Å². The summed E-state index contributed by atoms with van der Waals surface area (Å²) < 4.78 is 0. The molecule has 0 radical (unpaired) electrons. The Hall–Kier alpha value is -2.80. The molecule has 0 aliphatic heterocycles. The Kier molecular flexibility index (Phi) is 6.13. The Morgan fingerprint density at radius 3 is 2.70 bits per heavy atom. The summed E-state index contributed by atoms with van der Waals surface area (Å²) in [6.45, 7) is 2.45. The minimum absolute atomic E-state index is 0.0303. The number of para-hydroxylation sites is 1. The second-order valence-electron chi connectivity index (χ2n) is 6.27. The number of hydrogen-bond acceptors (Lipinski definition) is 4. The first-order chi connectivity index (χ1) is 13.0. The third kappa shape index (κ3) is 4.89. The molecule has 1 atom stereocenters. The molecule has 140 valence electrons. The summed E-state index contributed by atoms with van der Waals surface area (Å²) in [7, 11) is 0. The van der Waals surface area contributed by atoms with Crippen molar-refractivity contribution in [2.75, 3.05) is 6.54 Å². The number of rotatable bonds is 8. The highest BCUT2D eigenvalue weighted by Crippen LogP contribution is 2.25. The highest BCUT2D eigenvalue weighted by atomic mass is 32.2. The maximum absolute atomic E-state index is 12.2. The number of aromatic amines is 1. The zero-order valence-corrected chi connectivity index (χ0v) is 15.8. The lowest BCUT2D eigenvalue weighted by atomic mass is 10.1. The third-order valence-corrected chi connectivity index (χ3v) is 5.44. The first-order valence-electron chi connectivity index (χ1n) is 8.78. The molecule has 0 bridgehead atoms. The van der Waals surface area contributed by atoms with E-state index < -0.39 is 4.92 Å². The van der Waals surface area contributed by atoms with Gasteiger partial charge in [0.25, 0.3) is 5.69 Å². The van der Waals surface area contributed by atoms with Gasteiger partial charge in [-0.15, -0.1) is 11.8 Å². The molecular weight excluding hydrogens is 362 g/mol. The molecule has 0 aliphatic carbocycles. The summed E-state index contributed by atoms with van der Waals surface area (Å²) in [5.74, 6) is -0.0303. The van der Waals surface area contributed by atoms with E-state index in [1.807, 2.05) is 25.3 Å². The molecule has 3 aromatic rings. The fourth-order valence-electron chi connectivity index (χ4n) is 2.88. The first kappa shape index (κ1) is 19.0. The van der Waals surface area contributed by atoms with Gasteiger partial charge < -0.3 is 10.3 Å². The van der Waals surface area contributed by atoms with E-state index in [4.69, 9.17) is 0 Å². The van der Waals surface area contributed by atoms with Crippen LogP contribution in [0.15, 0.2) is 59.6 Å². The number of nitro groups is 1. The molecule has 0 saturated heterocycles. The van der Waals surface area contributed by atoms with E-state index in [1.165, 1.54) is 34.8 Å². The number of thioether (sulfide) groups is 1. The van der Waals surface area contributed by atoms with Gasteiger partial charge in [0.1, 0.15) is 0 Å². The predicted molar refractivity (Wildman–Crippen MR) is 108 cm³/mol. The van der Waals surface area contributed by atoms with Crippen molar-refractivity contribution in [1.29, 1.82) is 0 Å². The number of non-ortho nitro benzene ring substituents is 1. The number of H-pyrrole nitrogens is 1. The summed E-state index contributed by atoms with van der Waals surface area (Å²) in [4.78, 5) is 26.6. The summed E-state index contributed by atoms with van der Waals surface area (Å²) >= 11 is 1.39. The van der Waals surface area contributed by atoms with Crippen LogP contribution in [0, 0.1) is 10.1 Å². The second-order valence-corrected chi connectivity index (χ2v) is 7.68. The number of aryl methyl sites for hydroxylation is 1. The lowest BCUT2D eigenvalue weighted by molar-refractivity contribution is -0.384. The number of benzene rings is 2. The monoisotopic (exact) mass is 383 g/mol. The molecule has 27 heavy (non-hydrogen) atoms. The summed E-state index contributed by atoms with van der Waals surface area (Å²) in [6.07, 6.45) is 3.79. The van der Waals surface area contributed by atoms with E-state index >= 15 is 0 Å². The van der Waals surface area contributed by atoms with Crippen LogP contribution in [0.2, 0.25) is 0 Å². The van der Waals surface area contributed by atoms with Gasteiger partial charge in [-0.25, -0.2) is 0 Å². The highest BCUT2D eigenvalue weighted by molar-refractivity contribution is 8.00. The van der Waals surface area contributed by atoms with E-state index in [1.54, 1.807) is 12.1 Å². The number of carbonyl (C=O) groups excluding carboxylic acids is 1. The van der Waals surface area contributed by atoms with Crippen molar-refractivity contribution >= 4 is 34.3 Å². The van der Waals surface area contributed by atoms with Crippen LogP contribution in [0.5, 0.6) is 0 Å². The lowest BCUT2D eigenvalue weighted by Gasteiger charge is -2.12. The molecule has 2 aromatic carbocycles. The SMILES string of the molecule is CC(Sc1ccc([N+](=O)[O-])cc1)C(=O)NCCCc1c[nH]c2ccccc12. The summed E-state index contributed by atoms with van der Waals surface area (Å²) in [6, 6.07) is 14.4. The van der Waals surface area contributed by atoms with Gasteiger partial charge in [0.2, 0.25) is 5.91 Å². The summed E-state index contributed by atoms with van der Waals surface area (Å²) in [5.41, 5.74) is 2.44. The molecule has 0 fully saturated rings. The van der Waals surface area contributed by atoms with Gasteiger partial charge >= 0.3 is 0 Å². The van der Waals surface area contributed by atoms with Gasteiger partial charge in [-0.2, -0.15) is 0 Å². The smallest absolute Gasteiger partial charge is 0.269 e. The number of nitrogens with zero attached hydrogens (tertiary/aromatic N) is 1. The molecule has 0 spiro atoms. The normalized spacial score (nSPS) is 12.0. The number of aromatic nitrogens is 1. The standard InChI is InChI=1S/C20H21N3O3S/c1-14(27-17-10-8-16(9-11-17)23(25)26)20(24)21-12-4-5-15-13-22-19-7-3-2-6-18(15)19/h2-3,6-11,13-14,22H,4-5,12H2,1H3,(H,21,24). The number of nitrogens with one attached hydrogen (secondary N) is 2. The van der Waals surface area contributed by atoms with Gasteiger partial charge in [-0.3, -0.25) is 14.9 Å². The van der Waals surface area contributed by atoms with Crippen LogP contribution in [0.3, 0.4) is 0 Å². The molecule has 2 N–H and O–H groups in total. The Bertz CT molecular complexity index is 937. The van der Waals surface area contributed by atoms with Gasteiger partial charge in [0, 0.05) is 40.7 Å². The minimum Gasteiger partial charge on any atom is -0.361 e. The number of fused-ring (bicyclic) bond motifs is 1. The molecule has 0 aliphatic rings. The van der Waals surface area contributed by atoms with Crippen LogP contribution >= 0.6 is 11.8 Å². The molecule has 6 nitrogen and oxygen atoms in total. The fourth-order valence-corrected chi connectivity index (χ4v) is 3.77. The zero-order chi connectivity index (χ0) is 19.2. The van der Waals surface area contributed by atoms with Crippen LogP contribution in [0.1, 0.15) is 18.9 Å². The molecule has 1 aromatic heterocycles. The van der Waals surface area contributed by atoms with E-state index in [9.17, 15) is 14.9 Å². The van der Waals surface area contributed by atoms with Crippen molar-refractivity contribution in [2.24, 2.45) is 0 Å². The van der Waals surface area contributed by atoms with Crippen molar-refractivity contribution in [2.45, 2.75) is 29.9 Å². The number of hydrogen-bond donors (Lipinski definition) is 2. The third-order valence-electron chi connectivity index (χ3n) is 4.33. The van der Waals surface area contributed by atoms with Crippen molar-refractivity contribution < 1.29 is 9.72 Å². The number of carbonyl (C=O) groups is 1. The van der Waals surface area contributed by atoms with Crippen molar-refractivity contribution in [3.05, 3.63) is 70.4 Å². The Morgan fingerprint density at radius 1 is 1.22 bits per heavy atom. The molecule has 1 amide bonds. The number of nitro benzene ring substituents is 1. The van der Waals surface area contributed by atoms with Crippen molar-refractivity contribution in [3.63, 3.8) is 0 Å². The minimum atomic E-state index is -0.432. The quantitative estimate of drug-likeness (QED) is 0.263. The Morgan fingerprint density at radius 2 is 1.96 bits per heavy atom.